The van der Waals surface area contributed by atoms with Gasteiger partial charge in [0.05, 0.1) is 6.54 Å². The fourth-order valence-electron chi connectivity index (χ4n) is 2.92. The zero-order chi connectivity index (χ0) is 12.3. The molecule has 2 unspecified atom stereocenters. The Morgan fingerprint density at radius 3 is 2.65 bits per heavy atom. The van der Waals surface area contributed by atoms with E-state index in [1.165, 1.54) is 25.7 Å². The van der Waals surface area contributed by atoms with Crippen molar-refractivity contribution in [3.8, 4) is 0 Å². The third kappa shape index (κ3) is 3.19. The van der Waals surface area contributed by atoms with Gasteiger partial charge in [-0.25, -0.2) is 0 Å². The van der Waals surface area contributed by atoms with Gasteiger partial charge in [0.1, 0.15) is 0 Å². The second-order valence-electron chi connectivity index (χ2n) is 5.55. The van der Waals surface area contributed by atoms with Crippen LogP contribution in [0.4, 0.5) is 0 Å². The zero-order valence-electron chi connectivity index (χ0n) is 10.9. The van der Waals surface area contributed by atoms with Gasteiger partial charge in [-0.05, 0) is 45.1 Å². The molecule has 0 aromatic carbocycles. The van der Waals surface area contributed by atoms with E-state index in [1.807, 2.05) is 4.90 Å². The molecule has 98 valence electrons. The standard InChI is InChI=1S/C13H25N3O/c1-11-4-5-12(8-14)9-16(11)10-13(17)15-6-2-3-7-15/h11-12H,2-10,14H2,1H3. The molecule has 0 saturated carbocycles. The fourth-order valence-corrected chi connectivity index (χ4v) is 2.92. The molecule has 0 bridgehead atoms. The SMILES string of the molecule is CC1CCC(CN)CN1CC(=O)N1CCCC1. The molecule has 2 saturated heterocycles. The molecule has 4 nitrogen and oxygen atoms in total. The minimum atomic E-state index is 0.312. The Morgan fingerprint density at radius 2 is 2.00 bits per heavy atom. The van der Waals surface area contributed by atoms with Crippen LogP contribution in [0.5, 0.6) is 0 Å². The summed E-state index contributed by atoms with van der Waals surface area (Å²) in [6, 6.07) is 0.532. The number of carbonyl (C=O) groups is 1. The molecule has 0 aromatic heterocycles. The number of hydrogen-bond donors (Lipinski definition) is 1. The summed E-state index contributed by atoms with van der Waals surface area (Å²) in [5, 5.41) is 0. The van der Waals surface area contributed by atoms with Crippen LogP contribution >= 0.6 is 0 Å². The first kappa shape index (κ1) is 12.8. The number of hydrogen-bond acceptors (Lipinski definition) is 3. The van der Waals surface area contributed by atoms with Crippen molar-refractivity contribution < 1.29 is 4.79 Å². The van der Waals surface area contributed by atoms with Crippen molar-refractivity contribution >= 4 is 5.91 Å². The third-order valence-corrected chi connectivity index (χ3v) is 4.24. The molecule has 2 atom stereocenters. The zero-order valence-corrected chi connectivity index (χ0v) is 10.9. The molecule has 0 aliphatic carbocycles. The number of rotatable bonds is 3. The van der Waals surface area contributed by atoms with Gasteiger partial charge in [-0.15, -0.1) is 0 Å². The van der Waals surface area contributed by atoms with Crippen LogP contribution in [0.1, 0.15) is 32.6 Å². The van der Waals surface area contributed by atoms with Gasteiger partial charge in [0, 0.05) is 25.7 Å². The Labute approximate surface area is 104 Å². The minimum absolute atomic E-state index is 0.312. The molecule has 0 spiro atoms. The van der Waals surface area contributed by atoms with E-state index in [1.54, 1.807) is 0 Å². The molecular formula is C13H25N3O. The van der Waals surface area contributed by atoms with Crippen LogP contribution in [0.3, 0.4) is 0 Å². The summed E-state index contributed by atoms with van der Waals surface area (Å²) in [5.74, 6) is 0.893. The summed E-state index contributed by atoms with van der Waals surface area (Å²) < 4.78 is 0. The van der Waals surface area contributed by atoms with E-state index in [2.05, 4.69) is 11.8 Å². The highest BCUT2D eigenvalue weighted by Gasteiger charge is 2.28. The largest absolute Gasteiger partial charge is 0.342 e. The highest BCUT2D eigenvalue weighted by Crippen LogP contribution is 2.21. The lowest BCUT2D eigenvalue weighted by atomic mass is 9.93. The molecule has 4 heteroatoms. The predicted molar refractivity (Wildman–Crippen MR) is 68.6 cm³/mol. The van der Waals surface area contributed by atoms with Crippen LogP contribution in [0.15, 0.2) is 0 Å². The van der Waals surface area contributed by atoms with Crippen molar-refractivity contribution in [1.29, 1.82) is 0 Å². The Balaban J connectivity index is 1.85. The van der Waals surface area contributed by atoms with Crippen LogP contribution in [-0.2, 0) is 4.79 Å². The first-order valence-corrected chi connectivity index (χ1v) is 6.92. The quantitative estimate of drug-likeness (QED) is 0.787. The Morgan fingerprint density at radius 1 is 1.29 bits per heavy atom. The van der Waals surface area contributed by atoms with E-state index in [-0.39, 0.29) is 0 Å². The van der Waals surface area contributed by atoms with Gasteiger partial charge >= 0.3 is 0 Å². The smallest absolute Gasteiger partial charge is 0.236 e. The monoisotopic (exact) mass is 239 g/mol. The van der Waals surface area contributed by atoms with E-state index in [0.717, 1.165) is 26.2 Å². The number of piperidine rings is 1. The molecule has 0 aromatic rings. The predicted octanol–water partition coefficient (Wildman–Crippen LogP) is 0.668. The normalized spacial score (nSPS) is 30.8. The molecule has 2 fully saturated rings. The summed E-state index contributed by atoms with van der Waals surface area (Å²) in [6.07, 6.45) is 4.74. The van der Waals surface area contributed by atoms with Gasteiger partial charge in [0.25, 0.3) is 0 Å². The maximum absolute atomic E-state index is 12.1. The van der Waals surface area contributed by atoms with Crippen LogP contribution in [0, 0.1) is 5.92 Å². The average molecular weight is 239 g/mol. The van der Waals surface area contributed by atoms with E-state index in [9.17, 15) is 4.79 Å². The molecule has 17 heavy (non-hydrogen) atoms. The van der Waals surface area contributed by atoms with Crippen LogP contribution in [-0.4, -0.2) is 54.5 Å². The van der Waals surface area contributed by atoms with Crippen molar-refractivity contribution in [1.82, 2.24) is 9.80 Å². The van der Waals surface area contributed by atoms with Gasteiger partial charge < -0.3 is 10.6 Å². The lowest BCUT2D eigenvalue weighted by molar-refractivity contribution is -0.132. The molecule has 2 heterocycles. The van der Waals surface area contributed by atoms with E-state index in [0.29, 0.717) is 24.4 Å². The van der Waals surface area contributed by atoms with E-state index < -0.39 is 0 Å². The summed E-state index contributed by atoms with van der Waals surface area (Å²) >= 11 is 0. The van der Waals surface area contributed by atoms with Crippen molar-refractivity contribution in [3.63, 3.8) is 0 Å². The Hall–Kier alpha value is -0.610. The number of nitrogens with two attached hydrogens (primary N) is 1. The minimum Gasteiger partial charge on any atom is -0.342 e. The maximum Gasteiger partial charge on any atom is 0.236 e. The second-order valence-corrected chi connectivity index (χ2v) is 5.55. The van der Waals surface area contributed by atoms with Gasteiger partial charge in [-0.1, -0.05) is 0 Å². The summed E-state index contributed by atoms with van der Waals surface area (Å²) in [7, 11) is 0. The number of carbonyl (C=O) groups excluding carboxylic acids is 1. The van der Waals surface area contributed by atoms with Gasteiger partial charge in [-0.2, -0.15) is 0 Å². The van der Waals surface area contributed by atoms with Crippen molar-refractivity contribution in [2.45, 2.75) is 38.6 Å². The lowest BCUT2D eigenvalue weighted by Gasteiger charge is -2.37. The average Bonchev–Trinajstić information content (AvgIpc) is 2.85. The van der Waals surface area contributed by atoms with Crippen LogP contribution in [0.2, 0.25) is 0 Å². The molecule has 1 amide bonds. The van der Waals surface area contributed by atoms with E-state index >= 15 is 0 Å². The van der Waals surface area contributed by atoms with Crippen LogP contribution in [0.25, 0.3) is 0 Å². The Bertz CT molecular complexity index is 263. The Kier molecular flexibility index (Phi) is 4.40. The summed E-state index contributed by atoms with van der Waals surface area (Å²) in [5.41, 5.74) is 5.74. The van der Waals surface area contributed by atoms with Crippen molar-refractivity contribution in [2.24, 2.45) is 11.7 Å². The van der Waals surface area contributed by atoms with Crippen molar-refractivity contribution in [2.75, 3.05) is 32.7 Å². The first-order chi connectivity index (χ1) is 8.20. The number of nitrogens with zero attached hydrogens (tertiary/aromatic N) is 2. The van der Waals surface area contributed by atoms with Gasteiger partial charge in [0.15, 0.2) is 0 Å². The van der Waals surface area contributed by atoms with Gasteiger partial charge in [0.2, 0.25) is 5.91 Å². The number of amides is 1. The second kappa shape index (κ2) is 5.83. The van der Waals surface area contributed by atoms with Crippen molar-refractivity contribution in [3.05, 3.63) is 0 Å². The van der Waals surface area contributed by atoms with Gasteiger partial charge in [-0.3, -0.25) is 9.69 Å². The molecule has 0 radical (unpaired) electrons. The lowest BCUT2D eigenvalue weighted by Crippen LogP contribution is -2.48. The maximum atomic E-state index is 12.1. The topological polar surface area (TPSA) is 49.6 Å². The molecular weight excluding hydrogens is 214 g/mol. The van der Waals surface area contributed by atoms with Crippen LogP contribution < -0.4 is 5.73 Å². The molecule has 2 aliphatic heterocycles. The third-order valence-electron chi connectivity index (χ3n) is 4.24. The summed E-state index contributed by atoms with van der Waals surface area (Å²) in [4.78, 5) is 16.4. The molecule has 2 N–H and O–H groups in total. The first-order valence-electron chi connectivity index (χ1n) is 6.92. The van der Waals surface area contributed by atoms with E-state index in [4.69, 9.17) is 5.73 Å². The highest BCUT2D eigenvalue weighted by molar-refractivity contribution is 5.78. The fraction of sp³-hybridized carbons (Fsp3) is 0.923. The summed E-state index contributed by atoms with van der Waals surface area (Å²) in [6.45, 7) is 6.49. The highest BCUT2D eigenvalue weighted by atomic mass is 16.2. The molecule has 2 aliphatic rings. The molecule has 2 rings (SSSR count). The number of likely N-dealkylation sites (tertiary alicyclic amines) is 2.